The maximum atomic E-state index is 4.79. The molecule has 1 heterocycles. The van der Waals surface area contributed by atoms with Crippen LogP contribution in [0.2, 0.25) is 0 Å². The molecule has 0 unspecified atom stereocenters. The zero-order valence-corrected chi connectivity index (χ0v) is 16.6. The quantitative estimate of drug-likeness (QED) is 0.291. The normalized spacial score (nSPS) is 11.9. The lowest BCUT2D eigenvalue weighted by Gasteiger charge is -2.30. The highest BCUT2D eigenvalue weighted by molar-refractivity contribution is 14.0. The van der Waals surface area contributed by atoms with Crippen molar-refractivity contribution in [3.8, 4) is 0 Å². The zero-order valence-electron chi connectivity index (χ0n) is 14.3. The molecule has 7 heteroatoms. The van der Waals surface area contributed by atoms with Crippen molar-refractivity contribution in [2.75, 3.05) is 20.1 Å². The molecule has 0 radical (unpaired) electrons. The Labute approximate surface area is 151 Å². The van der Waals surface area contributed by atoms with Crippen molar-refractivity contribution < 1.29 is 4.52 Å². The van der Waals surface area contributed by atoms with Crippen LogP contribution in [0.3, 0.4) is 0 Å². The number of rotatable bonds is 8. The van der Waals surface area contributed by atoms with E-state index in [0.717, 1.165) is 31.2 Å². The van der Waals surface area contributed by atoms with Gasteiger partial charge < -0.3 is 15.2 Å². The summed E-state index contributed by atoms with van der Waals surface area (Å²) in [6, 6.07) is 2.99. The number of guanidine groups is 1. The minimum atomic E-state index is 0. The number of aliphatic imine (C=N–C) groups is 1. The second-order valence-corrected chi connectivity index (χ2v) is 5.62. The van der Waals surface area contributed by atoms with E-state index in [1.54, 1.807) is 13.3 Å². The fourth-order valence-electron chi connectivity index (χ4n) is 2.30. The Morgan fingerprint density at radius 1 is 1.27 bits per heavy atom. The summed E-state index contributed by atoms with van der Waals surface area (Å²) < 4.78 is 4.79. The van der Waals surface area contributed by atoms with Gasteiger partial charge in [0.2, 0.25) is 0 Å². The first kappa shape index (κ1) is 21.2. The van der Waals surface area contributed by atoms with Crippen molar-refractivity contribution in [2.45, 2.75) is 52.7 Å². The molecule has 0 atom stereocenters. The van der Waals surface area contributed by atoms with Crippen LogP contribution < -0.4 is 10.6 Å². The molecule has 22 heavy (non-hydrogen) atoms. The largest absolute Gasteiger partial charge is 0.364 e. The van der Waals surface area contributed by atoms with Gasteiger partial charge >= 0.3 is 0 Å². The smallest absolute Gasteiger partial charge is 0.191 e. The Bertz CT molecular complexity index is 398. The Morgan fingerprint density at radius 3 is 2.45 bits per heavy atom. The predicted octanol–water partition coefficient (Wildman–Crippen LogP) is 2.47. The molecule has 0 saturated heterocycles. The van der Waals surface area contributed by atoms with E-state index in [-0.39, 0.29) is 24.0 Å². The first-order chi connectivity index (χ1) is 10.0. The molecule has 0 bridgehead atoms. The highest BCUT2D eigenvalue weighted by Gasteiger charge is 2.12. The number of nitrogens with one attached hydrogen (secondary N) is 2. The van der Waals surface area contributed by atoms with E-state index in [2.05, 4.69) is 53.4 Å². The fourth-order valence-corrected chi connectivity index (χ4v) is 2.30. The average Bonchev–Trinajstić information content (AvgIpc) is 2.94. The minimum absolute atomic E-state index is 0. The van der Waals surface area contributed by atoms with Gasteiger partial charge in [0, 0.05) is 38.3 Å². The van der Waals surface area contributed by atoms with Crippen LogP contribution in [-0.4, -0.2) is 48.2 Å². The molecule has 0 fully saturated rings. The highest BCUT2D eigenvalue weighted by atomic mass is 127. The number of hydrogen-bond donors (Lipinski definition) is 2. The summed E-state index contributed by atoms with van der Waals surface area (Å²) in [6.07, 6.45) is 2.65. The molecule has 0 amide bonds. The monoisotopic (exact) mass is 423 g/mol. The summed E-state index contributed by atoms with van der Waals surface area (Å²) in [5.74, 6) is 0.790. The zero-order chi connectivity index (χ0) is 15.7. The summed E-state index contributed by atoms with van der Waals surface area (Å²) in [6.45, 7) is 11.6. The van der Waals surface area contributed by atoms with Gasteiger partial charge in [0.25, 0.3) is 0 Å². The van der Waals surface area contributed by atoms with Gasteiger partial charge in [0.15, 0.2) is 5.96 Å². The third-order valence-electron chi connectivity index (χ3n) is 3.36. The number of aromatic nitrogens is 1. The van der Waals surface area contributed by atoms with E-state index in [0.29, 0.717) is 18.6 Å². The van der Waals surface area contributed by atoms with Crippen LogP contribution in [0.25, 0.3) is 0 Å². The van der Waals surface area contributed by atoms with Gasteiger partial charge in [-0.25, -0.2) is 0 Å². The maximum absolute atomic E-state index is 4.79. The lowest BCUT2D eigenvalue weighted by Crippen LogP contribution is -2.41. The van der Waals surface area contributed by atoms with E-state index in [9.17, 15) is 0 Å². The second-order valence-electron chi connectivity index (χ2n) is 5.62. The first-order valence-corrected chi connectivity index (χ1v) is 7.64. The van der Waals surface area contributed by atoms with Gasteiger partial charge in [0.1, 0.15) is 12.0 Å². The number of hydrogen-bond acceptors (Lipinski definition) is 4. The molecule has 0 spiro atoms. The van der Waals surface area contributed by atoms with Crippen molar-refractivity contribution in [1.82, 2.24) is 20.7 Å². The maximum Gasteiger partial charge on any atom is 0.191 e. The first-order valence-electron chi connectivity index (χ1n) is 7.64. The molecule has 1 aromatic rings. The second kappa shape index (κ2) is 11.7. The Morgan fingerprint density at radius 2 is 1.95 bits per heavy atom. The van der Waals surface area contributed by atoms with Gasteiger partial charge in [-0.3, -0.25) is 9.89 Å². The van der Waals surface area contributed by atoms with Crippen LogP contribution in [0.5, 0.6) is 0 Å². The molecule has 0 aliphatic carbocycles. The third kappa shape index (κ3) is 7.98. The molecular formula is C15H30IN5O. The Kier molecular flexibility index (Phi) is 11.3. The van der Waals surface area contributed by atoms with Crippen molar-refractivity contribution >= 4 is 29.9 Å². The van der Waals surface area contributed by atoms with E-state index >= 15 is 0 Å². The van der Waals surface area contributed by atoms with Crippen LogP contribution in [0, 0.1) is 0 Å². The van der Waals surface area contributed by atoms with Gasteiger partial charge in [-0.05, 0) is 34.1 Å². The highest BCUT2D eigenvalue weighted by Crippen LogP contribution is 2.05. The van der Waals surface area contributed by atoms with E-state index < -0.39 is 0 Å². The topological polar surface area (TPSA) is 65.7 Å². The van der Waals surface area contributed by atoms with Crippen LogP contribution in [0.15, 0.2) is 21.8 Å². The molecule has 6 nitrogen and oxygen atoms in total. The molecule has 0 saturated carbocycles. The minimum Gasteiger partial charge on any atom is -0.364 e. The predicted molar refractivity (Wildman–Crippen MR) is 102 cm³/mol. The molecule has 1 rings (SSSR count). The summed E-state index contributed by atoms with van der Waals surface area (Å²) in [5.41, 5.74) is 0.865. The number of nitrogens with zero attached hydrogens (tertiary/aromatic N) is 3. The molecule has 128 valence electrons. The van der Waals surface area contributed by atoms with Gasteiger partial charge in [-0.1, -0.05) is 5.16 Å². The molecule has 2 N–H and O–H groups in total. The molecule has 0 aliphatic rings. The van der Waals surface area contributed by atoms with Crippen molar-refractivity contribution in [1.29, 1.82) is 0 Å². The van der Waals surface area contributed by atoms with Crippen molar-refractivity contribution in [3.63, 3.8) is 0 Å². The molecule has 0 aromatic carbocycles. The van der Waals surface area contributed by atoms with Crippen LogP contribution in [0.4, 0.5) is 0 Å². The van der Waals surface area contributed by atoms with Gasteiger partial charge in [-0.15, -0.1) is 24.0 Å². The summed E-state index contributed by atoms with van der Waals surface area (Å²) in [5, 5.41) is 10.4. The number of halogens is 1. The summed E-state index contributed by atoms with van der Waals surface area (Å²) in [7, 11) is 1.77. The SMILES string of the molecule is CN=C(NCCCN(C(C)C)C(C)C)NCc1ccon1.I. The molecule has 1 aromatic heterocycles. The lowest BCUT2D eigenvalue weighted by atomic mass is 10.2. The lowest BCUT2D eigenvalue weighted by molar-refractivity contribution is 0.173. The van der Waals surface area contributed by atoms with E-state index in [1.165, 1.54) is 0 Å². The van der Waals surface area contributed by atoms with E-state index in [4.69, 9.17) is 4.52 Å². The van der Waals surface area contributed by atoms with Crippen LogP contribution in [-0.2, 0) is 6.54 Å². The standard InChI is InChI=1S/C15H29N5O.HI/c1-12(2)20(13(3)4)9-6-8-17-15(16-5)18-11-14-7-10-21-19-14;/h7,10,12-13H,6,8-9,11H2,1-5H3,(H2,16,17,18);1H. The Hall–Kier alpha value is -0.830. The van der Waals surface area contributed by atoms with E-state index in [1.807, 2.05) is 6.07 Å². The van der Waals surface area contributed by atoms with Crippen molar-refractivity contribution in [3.05, 3.63) is 18.0 Å². The summed E-state index contributed by atoms with van der Waals surface area (Å²) in [4.78, 5) is 6.69. The van der Waals surface area contributed by atoms with Crippen LogP contribution in [0.1, 0.15) is 39.8 Å². The molecular weight excluding hydrogens is 393 g/mol. The molecule has 0 aliphatic heterocycles. The van der Waals surface area contributed by atoms with Gasteiger partial charge in [0.05, 0.1) is 6.54 Å². The van der Waals surface area contributed by atoms with Crippen molar-refractivity contribution in [2.24, 2.45) is 4.99 Å². The summed E-state index contributed by atoms with van der Waals surface area (Å²) >= 11 is 0. The fraction of sp³-hybridized carbons (Fsp3) is 0.733. The average molecular weight is 423 g/mol. The Balaban J connectivity index is 0.00000441. The van der Waals surface area contributed by atoms with Gasteiger partial charge in [-0.2, -0.15) is 0 Å². The third-order valence-corrected chi connectivity index (χ3v) is 3.36. The van der Waals surface area contributed by atoms with Crippen LogP contribution >= 0.6 is 24.0 Å².